The molecule has 0 saturated heterocycles. The van der Waals surface area contributed by atoms with E-state index in [0.717, 1.165) is 16.9 Å². The van der Waals surface area contributed by atoms with E-state index in [9.17, 15) is 4.39 Å². The second-order valence-electron chi connectivity index (χ2n) is 4.77. The zero-order valence-electron chi connectivity index (χ0n) is 11.9. The van der Waals surface area contributed by atoms with Gasteiger partial charge in [-0.05, 0) is 30.3 Å². The van der Waals surface area contributed by atoms with Gasteiger partial charge in [0.15, 0.2) is 0 Å². The van der Waals surface area contributed by atoms with Crippen LogP contribution in [0.5, 0.6) is 0 Å². The summed E-state index contributed by atoms with van der Waals surface area (Å²) >= 11 is 5.77. The molecule has 7 heteroatoms. The molecule has 0 bridgehead atoms. The van der Waals surface area contributed by atoms with Crippen LogP contribution in [0.3, 0.4) is 0 Å². The quantitative estimate of drug-likeness (QED) is 0.499. The Morgan fingerprint density at radius 1 is 1.00 bits per heavy atom. The molecule has 0 amide bonds. The molecule has 1 aromatic heterocycles. The number of anilines is 3. The van der Waals surface area contributed by atoms with Crippen LogP contribution in [0.4, 0.5) is 21.6 Å². The van der Waals surface area contributed by atoms with Crippen molar-refractivity contribution in [2.75, 3.05) is 10.7 Å². The maximum Gasteiger partial charge on any atom is 0.141 e. The Balaban J connectivity index is 1.88. The Morgan fingerprint density at radius 3 is 2.65 bits per heavy atom. The third-order valence-electron chi connectivity index (χ3n) is 3.18. The molecule has 0 unspecified atom stereocenters. The Hall–Kier alpha value is -2.70. The van der Waals surface area contributed by atoms with Gasteiger partial charge in [0, 0.05) is 23.0 Å². The third kappa shape index (κ3) is 3.56. The molecule has 116 valence electrons. The molecular weight excluding hydrogens is 317 g/mol. The number of nitrogens with two attached hydrogens (primary N) is 1. The van der Waals surface area contributed by atoms with E-state index in [1.165, 1.54) is 18.5 Å². The molecule has 0 aliphatic heterocycles. The van der Waals surface area contributed by atoms with Crippen molar-refractivity contribution in [1.29, 1.82) is 0 Å². The van der Waals surface area contributed by atoms with E-state index >= 15 is 0 Å². The average Bonchev–Trinajstić information content (AvgIpc) is 2.58. The average molecular weight is 330 g/mol. The molecular formula is C16H13ClFN5. The molecule has 0 atom stereocenters. The fourth-order valence-corrected chi connectivity index (χ4v) is 2.25. The highest BCUT2D eigenvalue weighted by Crippen LogP contribution is 2.25. The molecule has 0 radical (unpaired) electrons. The Bertz CT molecular complexity index is 840. The van der Waals surface area contributed by atoms with Crippen LogP contribution in [0.2, 0.25) is 5.02 Å². The highest BCUT2D eigenvalue weighted by molar-refractivity contribution is 6.31. The number of hydrazine groups is 1. The van der Waals surface area contributed by atoms with Crippen LogP contribution in [-0.4, -0.2) is 9.97 Å². The number of nitrogens with one attached hydrogen (secondary N) is 2. The molecule has 0 fully saturated rings. The summed E-state index contributed by atoms with van der Waals surface area (Å²) in [5, 5.41) is 3.12. The predicted molar refractivity (Wildman–Crippen MR) is 90.0 cm³/mol. The number of benzene rings is 2. The second-order valence-corrected chi connectivity index (χ2v) is 5.17. The standard InChI is InChI=1S/C16H13ClFN5/c17-13-7-11(4-5-14(13)18)22-16-8-15(20-9-21-16)10-2-1-3-12(6-10)23-19/h1-9,23H,19H2,(H,20,21,22). The summed E-state index contributed by atoms with van der Waals surface area (Å²) in [5.74, 6) is 5.52. The molecule has 2 aromatic carbocycles. The van der Waals surface area contributed by atoms with Gasteiger partial charge in [-0.15, -0.1) is 0 Å². The minimum atomic E-state index is -0.466. The lowest BCUT2D eigenvalue weighted by Gasteiger charge is -2.08. The molecule has 3 rings (SSSR count). The van der Waals surface area contributed by atoms with E-state index < -0.39 is 5.82 Å². The smallest absolute Gasteiger partial charge is 0.141 e. The minimum absolute atomic E-state index is 0.0472. The topological polar surface area (TPSA) is 75.9 Å². The molecule has 0 spiro atoms. The van der Waals surface area contributed by atoms with Gasteiger partial charge in [0.1, 0.15) is 18.0 Å². The molecule has 0 aliphatic carbocycles. The SMILES string of the molecule is NNc1cccc(-c2cc(Nc3ccc(F)c(Cl)c3)ncn2)c1. The van der Waals surface area contributed by atoms with E-state index in [4.69, 9.17) is 17.4 Å². The number of aromatic nitrogens is 2. The number of halogens is 2. The lowest BCUT2D eigenvalue weighted by molar-refractivity contribution is 0.628. The van der Waals surface area contributed by atoms with Gasteiger partial charge in [0.2, 0.25) is 0 Å². The first kappa shape index (κ1) is 15.2. The Morgan fingerprint density at radius 2 is 1.87 bits per heavy atom. The van der Waals surface area contributed by atoms with Crippen molar-refractivity contribution < 1.29 is 4.39 Å². The Labute approximate surface area is 137 Å². The van der Waals surface area contributed by atoms with Crippen molar-refractivity contribution >= 4 is 28.8 Å². The molecule has 23 heavy (non-hydrogen) atoms. The fraction of sp³-hybridized carbons (Fsp3) is 0. The van der Waals surface area contributed by atoms with Gasteiger partial charge in [0.05, 0.1) is 10.7 Å². The molecule has 0 aliphatic rings. The number of rotatable bonds is 4. The van der Waals surface area contributed by atoms with Gasteiger partial charge in [-0.25, -0.2) is 14.4 Å². The highest BCUT2D eigenvalue weighted by Gasteiger charge is 2.05. The van der Waals surface area contributed by atoms with Crippen LogP contribution >= 0.6 is 11.6 Å². The van der Waals surface area contributed by atoms with Crippen LogP contribution < -0.4 is 16.6 Å². The van der Waals surface area contributed by atoms with Crippen LogP contribution in [0.25, 0.3) is 11.3 Å². The summed E-state index contributed by atoms with van der Waals surface area (Å²) in [6, 6.07) is 13.7. The second kappa shape index (κ2) is 6.60. The van der Waals surface area contributed by atoms with Crippen molar-refractivity contribution in [3.05, 3.63) is 65.7 Å². The van der Waals surface area contributed by atoms with Crippen molar-refractivity contribution in [3.8, 4) is 11.3 Å². The molecule has 4 N–H and O–H groups in total. The summed E-state index contributed by atoms with van der Waals surface area (Å²) in [6.07, 6.45) is 1.45. The molecule has 5 nitrogen and oxygen atoms in total. The molecule has 0 saturated carbocycles. The first-order chi connectivity index (χ1) is 11.2. The zero-order chi connectivity index (χ0) is 16.2. The minimum Gasteiger partial charge on any atom is -0.340 e. The van der Waals surface area contributed by atoms with Crippen molar-refractivity contribution in [3.63, 3.8) is 0 Å². The van der Waals surface area contributed by atoms with Gasteiger partial charge in [-0.2, -0.15) is 0 Å². The van der Waals surface area contributed by atoms with Gasteiger partial charge >= 0.3 is 0 Å². The molecule has 3 aromatic rings. The van der Waals surface area contributed by atoms with Gasteiger partial charge in [-0.1, -0.05) is 23.7 Å². The van der Waals surface area contributed by atoms with E-state index in [1.807, 2.05) is 24.3 Å². The lowest BCUT2D eigenvalue weighted by Crippen LogP contribution is -2.06. The van der Waals surface area contributed by atoms with Crippen LogP contribution in [0.15, 0.2) is 54.9 Å². The van der Waals surface area contributed by atoms with Gasteiger partial charge < -0.3 is 10.7 Å². The Kier molecular flexibility index (Phi) is 4.36. The number of hydrogen-bond acceptors (Lipinski definition) is 5. The van der Waals surface area contributed by atoms with Gasteiger partial charge in [-0.3, -0.25) is 5.84 Å². The zero-order valence-corrected chi connectivity index (χ0v) is 12.7. The van der Waals surface area contributed by atoms with Crippen LogP contribution in [0.1, 0.15) is 0 Å². The number of nitrogens with zero attached hydrogens (tertiary/aromatic N) is 2. The van der Waals surface area contributed by atoms with E-state index in [0.29, 0.717) is 11.5 Å². The maximum atomic E-state index is 13.2. The van der Waals surface area contributed by atoms with Crippen molar-refractivity contribution in [2.24, 2.45) is 5.84 Å². The summed E-state index contributed by atoms with van der Waals surface area (Å²) < 4.78 is 13.2. The fourth-order valence-electron chi connectivity index (χ4n) is 2.07. The van der Waals surface area contributed by atoms with Crippen molar-refractivity contribution in [1.82, 2.24) is 9.97 Å². The number of nitrogen functional groups attached to an aromatic ring is 1. The van der Waals surface area contributed by atoms with E-state index in [2.05, 4.69) is 20.7 Å². The normalized spacial score (nSPS) is 10.4. The van der Waals surface area contributed by atoms with E-state index in [-0.39, 0.29) is 5.02 Å². The van der Waals surface area contributed by atoms with E-state index in [1.54, 1.807) is 12.1 Å². The highest BCUT2D eigenvalue weighted by atomic mass is 35.5. The first-order valence-corrected chi connectivity index (χ1v) is 7.14. The van der Waals surface area contributed by atoms with Crippen molar-refractivity contribution in [2.45, 2.75) is 0 Å². The van der Waals surface area contributed by atoms with Crippen LogP contribution in [-0.2, 0) is 0 Å². The largest absolute Gasteiger partial charge is 0.340 e. The lowest BCUT2D eigenvalue weighted by atomic mass is 10.1. The summed E-state index contributed by atoms with van der Waals surface area (Å²) in [4.78, 5) is 8.41. The van der Waals surface area contributed by atoms with Crippen LogP contribution in [0, 0.1) is 5.82 Å². The monoisotopic (exact) mass is 329 g/mol. The molecule has 1 heterocycles. The predicted octanol–water partition coefficient (Wildman–Crippen LogP) is 3.97. The number of hydrogen-bond donors (Lipinski definition) is 3. The van der Waals surface area contributed by atoms with Gasteiger partial charge in [0.25, 0.3) is 0 Å². The summed E-state index contributed by atoms with van der Waals surface area (Å²) in [5.41, 5.74) is 5.63. The third-order valence-corrected chi connectivity index (χ3v) is 3.47. The maximum absolute atomic E-state index is 13.2. The first-order valence-electron chi connectivity index (χ1n) is 6.77. The summed E-state index contributed by atoms with van der Waals surface area (Å²) in [7, 11) is 0. The summed E-state index contributed by atoms with van der Waals surface area (Å²) in [6.45, 7) is 0.